The lowest BCUT2D eigenvalue weighted by Gasteiger charge is -2.29. The molecule has 2 atom stereocenters. The molecule has 7 heteroatoms. The number of fused-ring (bicyclic) bond motifs is 2. The number of amides is 2. The zero-order valence-electron chi connectivity index (χ0n) is 13.6. The van der Waals surface area contributed by atoms with E-state index in [0.29, 0.717) is 29.6 Å². The smallest absolute Gasteiger partial charge is 0.232 e. The first-order valence-corrected chi connectivity index (χ1v) is 9.77. The van der Waals surface area contributed by atoms with Crippen molar-refractivity contribution in [1.29, 1.82) is 0 Å². The second kappa shape index (κ2) is 9.14. The molecule has 0 radical (unpaired) electrons. The third kappa shape index (κ3) is 5.54. The molecule has 0 aromatic carbocycles. The monoisotopic (exact) mass is 361 g/mol. The Hall–Kier alpha value is -0.460. The minimum atomic E-state index is 0. The fraction of sp³-hybridized carbons (Fsp3) is 0.875. The van der Waals surface area contributed by atoms with Crippen LogP contribution in [-0.4, -0.2) is 59.4 Å². The van der Waals surface area contributed by atoms with Crippen molar-refractivity contribution < 1.29 is 9.59 Å². The van der Waals surface area contributed by atoms with Gasteiger partial charge in [-0.3, -0.25) is 9.59 Å². The van der Waals surface area contributed by atoms with Crippen LogP contribution in [-0.2, 0) is 9.59 Å². The summed E-state index contributed by atoms with van der Waals surface area (Å²) < 4.78 is 0. The molecule has 0 aromatic heterocycles. The molecule has 0 saturated carbocycles. The molecule has 3 aliphatic heterocycles. The van der Waals surface area contributed by atoms with Crippen LogP contribution in [0.15, 0.2) is 0 Å². The average molecular weight is 362 g/mol. The predicted octanol–water partition coefficient (Wildman–Crippen LogP) is 1.55. The third-order valence-corrected chi connectivity index (χ3v) is 5.92. The van der Waals surface area contributed by atoms with Gasteiger partial charge in [-0.15, -0.1) is 24.2 Å². The molecule has 0 aromatic rings. The first-order chi connectivity index (χ1) is 10.7. The molecule has 0 aliphatic carbocycles. The summed E-state index contributed by atoms with van der Waals surface area (Å²) in [5.41, 5.74) is 0. The summed E-state index contributed by atoms with van der Waals surface area (Å²) >= 11 is 1.45. The van der Waals surface area contributed by atoms with E-state index in [1.165, 1.54) is 31.0 Å². The van der Waals surface area contributed by atoms with E-state index < -0.39 is 0 Å². The fourth-order valence-corrected chi connectivity index (χ4v) is 4.64. The number of nitrogens with one attached hydrogen (secondary N) is 2. The van der Waals surface area contributed by atoms with E-state index in [-0.39, 0.29) is 24.2 Å². The summed E-state index contributed by atoms with van der Waals surface area (Å²) in [7, 11) is 0. The number of likely N-dealkylation sites (tertiary alicyclic amines) is 1. The van der Waals surface area contributed by atoms with Gasteiger partial charge in [0.25, 0.3) is 0 Å². The van der Waals surface area contributed by atoms with Gasteiger partial charge in [0.05, 0.1) is 11.5 Å². The number of thioether (sulfide) groups is 1. The van der Waals surface area contributed by atoms with Crippen LogP contribution >= 0.6 is 24.2 Å². The molecule has 2 unspecified atom stereocenters. The number of rotatable bonds is 5. The molecule has 2 bridgehead atoms. The van der Waals surface area contributed by atoms with Crippen LogP contribution < -0.4 is 10.6 Å². The Balaban J connectivity index is 0.00000192. The largest absolute Gasteiger partial charge is 0.353 e. The number of carbonyl (C=O) groups is 2. The third-order valence-electron chi connectivity index (χ3n) is 5.01. The van der Waals surface area contributed by atoms with E-state index in [1.807, 2.05) is 4.90 Å². The van der Waals surface area contributed by atoms with Gasteiger partial charge in [-0.25, -0.2) is 0 Å². The maximum absolute atomic E-state index is 12.0. The Morgan fingerprint density at radius 2 is 1.70 bits per heavy atom. The number of nitrogens with zero attached hydrogens (tertiary/aromatic N) is 1. The molecule has 3 aliphatic rings. The summed E-state index contributed by atoms with van der Waals surface area (Å²) in [6.07, 6.45) is 8.08. The van der Waals surface area contributed by atoms with Crippen molar-refractivity contribution in [3.63, 3.8) is 0 Å². The van der Waals surface area contributed by atoms with Gasteiger partial charge < -0.3 is 15.5 Å². The molecule has 2 N–H and O–H groups in total. The van der Waals surface area contributed by atoms with Crippen molar-refractivity contribution in [2.45, 2.75) is 63.1 Å². The summed E-state index contributed by atoms with van der Waals surface area (Å²) in [4.78, 5) is 26.0. The van der Waals surface area contributed by atoms with E-state index in [0.717, 1.165) is 38.8 Å². The number of piperidine rings is 2. The Labute approximate surface area is 149 Å². The molecule has 0 spiro atoms. The zero-order valence-corrected chi connectivity index (χ0v) is 15.2. The molecule has 2 amide bonds. The highest BCUT2D eigenvalue weighted by Crippen LogP contribution is 2.26. The van der Waals surface area contributed by atoms with Crippen molar-refractivity contribution in [2.75, 3.05) is 24.6 Å². The second-order valence-corrected chi connectivity index (χ2v) is 7.79. The molecular weight excluding hydrogens is 334 g/mol. The maximum Gasteiger partial charge on any atom is 0.232 e. The van der Waals surface area contributed by atoms with Gasteiger partial charge in [0, 0.05) is 31.2 Å². The van der Waals surface area contributed by atoms with Crippen LogP contribution in [0.3, 0.4) is 0 Å². The number of hydrogen-bond acceptors (Lipinski definition) is 4. The van der Waals surface area contributed by atoms with Gasteiger partial charge in [0.1, 0.15) is 0 Å². The summed E-state index contributed by atoms with van der Waals surface area (Å²) in [6, 6.07) is 1.51. The van der Waals surface area contributed by atoms with Gasteiger partial charge >= 0.3 is 0 Å². The average Bonchev–Trinajstić information content (AvgIpc) is 2.87. The maximum atomic E-state index is 12.0. The number of hydrogen-bond donors (Lipinski definition) is 2. The second-order valence-electron chi connectivity index (χ2n) is 6.81. The van der Waals surface area contributed by atoms with E-state index in [4.69, 9.17) is 0 Å². The van der Waals surface area contributed by atoms with Crippen LogP contribution in [0.5, 0.6) is 0 Å². The molecule has 5 nitrogen and oxygen atoms in total. The Bertz CT molecular complexity index is 406. The topological polar surface area (TPSA) is 61.4 Å². The lowest BCUT2D eigenvalue weighted by Crippen LogP contribution is -2.48. The lowest BCUT2D eigenvalue weighted by atomic mass is 10.00. The van der Waals surface area contributed by atoms with Crippen LogP contribution in [0.2, 0.25) is 0 Å². The Kier molecular flexibility index (Phi) is 7.50. The molecule has 3 rings (SSSR count). The predicted molar refractivity (Wildman–Crippen MR) is 96.1 cm³/mol. The van der Waals surface area contributed by atoms with Crippen molar-refractivity contribution in [2.24, 2.45) is 0 Å². The molecular formula is C16H28ClN3O2S. The summed E-state index contributed by atoms with van der Waals surface area (Å²) in [5, 5.41) is 6.73. The van der Waals surface area contributed by atoms with Gasteiger partial charge in [-0.1, -0.05) is 0 Å². The fourth-order valence-electron chi connectivity index (χ4n) is 3.91. The minimum absolute atomic E-state index is 0. The molecule has 23 heavy (non-hydrogen) atoms. The van der Waals surface area contributed by atoms with Gasteiger partial charge in [-0.2, -0.15) is 0 Å². The highest BCUT2D eigenvalue weighted by atomic mass is 35.5. The minimum Gasteiger partial charge on any atom is -0.353 e. The molecule has 3 fully saturated rings. The highest BCUT2D eigenvalue weighted by Gasteiger charge is 2.33. The van der Waals surface area contributed by atoms with Gasteiger partial charge in [0.15, 0.2) is 0 Å². The zero-order chi connectivity index (χ0) is 15.4. The number of carbonyl (C=O) groups excluding carboxylic acids is 2. The van der Waals surface area contributed by atoms with Crippen LogP contribution in [0.1, 0.15) is 44.9 Å². The first kappa shape index (κ1) is 18.9. The lowest BCUT2D eigenvalue weighted by molar-refractivity contribution is -0.129. The van der Waals surface area contributed by atoms with E-state index in [2.05, 4.69) is 10.6 Å². The van der Waals surface area contributed by atoms with Gasteiger partial charge in [0.2, 0.25) is 11.8 Å². The van der Waals surface area contributed by atoms with Gasteiger partial charge in [-0.05, 0) is 44.9 Å². The van der Waals surface area contributed by atoms with Crippen molar-refractivity contribution in [1.82, 2.24) is 15.5 Å². The Morgan fingerprint density at radius 3 is 2.35 bits per heavy atom. The first-order valence-electron chi connectivity index (χ1n) is 8.61. The van der Waals surface area contributed by atoms with E-state index >= 15 is 0 Å². The van der Waals surface area contributed by atoms with Crippen LogP contribution in [0.4, 0.5) is 0 Å². The molecule has 3 saturated heterocycles. The summed E-state index contributed by atoms with van der Waals surface area (Å²) in [6.45, 7) is 1.78. The Morgan fingerprint density at radius 1 is 1.04 bits per heavy atom. The van der Waals surface area contributed by atoms with Crippen molar-refractivity contribution in [3.8, 4) is 0 Å². The van der Waals surface area contributed by atoms with Crippen molar-refractivity contribution >= 4 is 36.0 Å². The van der Waals surface area contributed by atoms with E-state index in [9.17, 15) is 9.59 Å². The summed E-state index contributed by atoms with van der Waals surface area (Å²) in [5.74, 6) is 1.11. The van der Waals surface area contributed by atoms with Crippen LogP contribution in [0.25, 0.3) is 0 Å². The quantitative estimate of drug-likeness (QED) is 0.780. The van der Waals surface area contributed by atoms with E-state index in [1.54, 1.807) is 0 Å². The van der Waals surface area contributed by atoms with Crippen molar-refractivity contribution in [3.05, 3.63) is 0 Å². The molecule has 132 valence electrons. The van der Waals surface area contributed by atoms with Crippen LogP contribution in [0, 0.1) is 0 Å². The highest BCUT2D eigenvalue weighted by molar-refractivity contribution is 8.00. The standard InChI is InChI=1S/C16H27N3O2S.ClH/c20-15(18-14-8-12-4-5-13(9-14)17-12)10-22-11-16(21)19-6-2-1-3-7-19;/h12-14,17H,1-11H2,(H,18,20);1H. The normalized spacial score (nSPS) is 29.7. The number of halogens is 1. The SMILES string of the molecule is Cl.O=C(CSCC(=O)N1CCCCC1)NC1CC2CCC(C1)N2. The molecule has 3 heterocycles.